The Morgan fingerprint density at radius 1 is 1.24 bits per heavy atom. The molecule has 1 amide bonds. The number of benzene rings is 1. The molecule has 0 aromatic heterocycles. The first-order chi connectivity index (χ1) is 10.0. The van der Waals surface area contributed by atoms with Gasteiger partial charge in [0.1, 0.15) is 11.5 Å². The second-order valence-electron chi connectivity index (χ2n) is 6.41. The van der Waals surface area contributed by atoms with E-state index in [-0.39, 0.29) is 29.4 Å². The van der Waals surface area contributed by atoms with E-state index in [4.69, 9.17) is 0 Å². The number of nitrogens with one attached hydrogen (secondary N) is 1. The Balaban J connectivity index is 1.70. The lowest BCUT2D eigenvalue weighted by Crippen LogP contribution is -2.40. The number of aryl methyl sites for hydroxylation is 1. The van der Waals surface area contributed by atoms with Gasteiger partial charge in [-0.3, -0.25) is 9.59 Å². The molecule has 1 aromatic carbocycles. The van der Waals surface area contributed by atoms with E-state index in [2.05, 4.69) is 5.32 Å². The number of phenols is 1. The summed E-state index contributed by atoms with van der Waals surface area (Å²) in [5, 5.41) is 12.7. The maximum absolute atomic E-state index is 12.4. The first-order valence-electron chi connectivity index (χ1n) is 7.69. The van der Waals surface area contributed by atoms with Crippen molar-refractivity contribution < 1.29 is 14.7 Å². The zero-order chi connectivity index (χ0) is 15.0. The van der Waals surface area contributed by atoms with Crippen LogP contribution in [0.2, 0.25) is 0 Å². The molecule has 0 radical (unpaired) electrons. The first-order valence-corrected chi connectivity index (χ1v) is 7.69. The Labute approximate surface area is 124 Å². The molecule has 2 N–H and O–H groups in total. The predicted octanol–water partition coefficient (Wildman–Crippen LogP) is 3.03. The van der Waals surface area contributed by atoms with Crippen LogP contribution in [0.15, 0.2) is 18.2 Å². The Morgan fingerprint density at radius 3 is 2.52 bits per heavy atom. The number of phenolic OH excluding ortho intramolecular Hbond substituents is 1. The standard InChI is InChI=1S/C17H21NO3/c1-10-5-6-14(15(19)7-10)18-17(21)13-8-11-3-2-4-12(9-13)16(11)20/h5-7,11-13,19H,2-4,8-9H2,1H3,(H,18,21). The van der Waals surface area contributed by atoms with Gasteiger partial charge in [0, 0.05) is 17.8 Å². The highest BCUT2D eigenvalue weighted by molar-refractivity contribution is 5.96. The summed E-state index contributed by atoms with van der Waals surface area (Å²) in [6, 6.07) is 5.21. The van der Waals surface area contributed by atoms with Gasteiger partial charge in [-0.1, -0.05) is 12.5 Å². The molecule has 0 saturated heterocycles. The molecule has 2 atom stereocenters. The Hall–Kier alpha value is -1.84. The number of amides is 1. The molecule has 112 valence electrons. The number of carbonyl (C=O) groups excluding carboxylic acids is 2. The molecule has 2 fully saturated rings. The highest BCUT2D eigenvalue weighted by Gasteiger charge is 2.41. The predicted molar refractivity (Wildman–Crippen MR) is 80.0 cm³/mol. The fourth-order valence-corrected chi connectivity index (χ4v) is 3.68. The second-order valence-corrected chi connectivity index (χ2v) is 6.41. The molecular formula is C17H21NO3. The van der Waals surface area contributed by atoms with Crippen molar-refractivity contribution in [2.75, 3.05) is 5.32 Å². The van der Waals surface area contributed by atoms with Crippen molar-refractivity contribution in [1.82, 2.24) is 0 Å². The monoisotopic (exact) mass is 287 g/mol. The Morgan fingerprint density at radius 2 is 1.90 bits per heavy atom. The van der Waals surface area contributed by atoms with Crippen molar-refractivity contribution in [3.8, 4) is 5.75 Å². The van der Waals surface area contributed by atoms with Crippen molar-refractivity contribution in [3.05, 3.63) is 23.8 Å². The quantitative estimate of drug-likeness (QED) is 0.822. The molecule has 2 unspecified atom stereocenters. The highest BCUT2D eigenvalue weighted by Crippen LogP contribution is 2.40. The van der Waals surface area contributed by atoms with Crippen molar-refractivity contribution in [3.63, 3.8) is 0 Å². The minimum atomic E-state index is -0.112. The van der Waals surface area contributed by atoms with Gasteiger partial charge in [-0.25, -0.2) is 0 Å². The van der Waals surface area contributed by atoms with Crippen LogP contribution in [0.1, 0.15) is 37.7 Å². The van der Waals surface area contributed by atoms with Gasteiger partial charge in [0.2, 0.25) is 5.91 Å². The van der Waals surface area contributed by atoms with Crippen LogP contribution >= 0.6 is 0 Å². The topological polar surface area (TPSA) is 66.4 Å². The number of Topliss-reactive ketones (excluding diaryl/α,β-unsaturated/α-hetero) is 1. The summed E-state index contributed by atoms with van der Waals surface area (Å²) in [7, 11) is 0. The zero-order valence-corrected chi connectivity index (χ0v) is 12.3. The molecule has 0 aliphatic heterocycles. The first kappa shape index (κ1) is 14.1. The van der Waals surface area contributed by atoms with E-state index in [0.717, 1.165) is 24.8 Å². The molecule has 0 spiro atoms. The second kappa shape index (κ2) is 5.51. The van der Waals surface area contributed by atoms with Crippen LogP contribution in [-0.4, -0.2) is 16.8 Å². The van der Waals surface area contributed by atoms with E-state index in [1.54, 1.807) is 12.1 Å². The minimum absolute atomic E-state index is 0.0693. The van der Waals surface area contributed by atoms with Gasteiger partial charge in [0.15, 0.2) is 0 Å². The maximum atomic E-state index is 12.4. The van der Waals surface area contributed by atoms with Crippen molar-refractivity contribution in [1.29, 1.82) is 0 Å². The smallest absolute Gasteiger partial charge is 0.227 e. The van der Waals surface area contributed by atoms with Crippen LogP contribution in [0.5, 0.6) is 5.75 Å². The fourth-order valence-electron chi connectivity index (χ4n) is 3.68. The Bertz CT molecular complexity index is 565. The molecule has 1 aromatic rings. The largest absolute Gasteiger partial charge is 0.506 e. The Kier molecular flexibility index (Phi) is 3.70. The van der Waals surface area contributed by atoms with Crippen LogP contribution in [0.3, 0.4) is 0 Å². The van der Waals surface area contributed by atoms with Gasteiger partial charge in [0.05, 0.1) is 5.69 Å². The molecular weight excluding hydrogens is 266 g/mol. The third-order valence-electron chi connectivity index (χ3n) is 4.83. The van der Waals surface area contributed by atoms with Gasteiger partial charge in [-0.15, -0.1) is 0 Å². The lowest BCUT2D eigenvalue weighted by molar-refractivity contribution is -0.136. The third kappa shape index (κ3) is 2.80. The molecule has 3 rings (SSSR count). The number of anilines is 1. The van der Waals surface area contributed by atoms with E-state index in [1.807, 2.05) is 13.0 Å². The molecule has 2 bridgehead atoms. The van der Waals surface area contributed by atoms with Gasteiger partial charge >= 0.3 is 0 Å². The summed E-state index contributed by atoms with van der Waals surface area (Å²) in [6.07, 6.45) is 4.28. The molecule has 4 heteroatoms. The van der Waals surface area contributed by atoms with E-state index in [0.29, 0.717) is 24.3 Å². The summed E-state index contributed by atoms with van der Waals surface area (Å²) in [4.78, 5) is 24.5. The lowest BCUT2D eigenvalue weighted by Gasteiger charge is -2.36. The van der Waals surface area contributed by atoms with Gasteiger partial charge in [0.25, 0.3) is 0 Å². The number of aromatic hydroxyl groups is 1. The van der Waals surface area contributed by atoms with E-state index < -0.39 is 0 Å². The van der Waals surface area contributed by atoms with Crippen LogP contribution in [0.4, 0.5) is 5.69 Å². The van der Waals surface area contributed by atoms with Crippen molar-refractivity contribution in [2.45, 2.75) is 39.0 Å². The van der Waals surface area contributed by atoms with Gasteiger partial charge in [-0.05, 0) is 50.3 Å². The number of rotatable bonds is 2. The van der Waals surface area contributed by atoms with Gasteiger partial charge < -0.3 is 10.4 Å². The average Bonchev–Trinajstić information content (AvgIpc) is 2.41. The molecule has 21 heavy (non-hydrogen) atoms. The molecule has 0 heterocycles. The number of hydrogen-bond acceptors (Lipinski definition) is 3. The van der Waals surface area contributed by atoms with Gasteiger partial charge in [-0.2, -0.15) is 0 Å². The van der Waals surface area contributed by atoms with E-state index >= 15 is 0 Å². The number of fused-ring (bicyclic) bond motifs is 2. The van der Waals surface area contributed by atoms with Crippen LogP contribution < -0.4 is 5.32 Å². The average molecular weight is 287 g/mol. The van der Waals surface area contributed by atoms with Crippen LogP contribution in [0.25, 0.3) is 0 Å². The maximum Gasteiger partial charge on any atom is 0.227 e. The molecule has 2 aliphatic carbocycles. The summed E-state index contributed by atoms with van der Waals surface area (Å²) >= 11 is 0. The van der Waals surface area contributed by atoms with Crippen molar-refractivity contribution in [2.24, 2.45) is 17.8 Å². The lowest BCUT2D eigenvalue weighted by atomic mass is 9.67. The summed E-state index contributed by atoms with van der Waals surface area (Å²) in [5.74, 6) is 0.413. The van der Waals surface area contributed by atoms with E-state index in [1.165, 1.54) is 0 Å². The summed E-state index contributed by atoms with van der Waals surface area (Å²) in [6.45, 7) is 1.89. The number of carbonyl (C=O) groups is 2. The van der Waals surface area contributed by atoms with E-state index in [9.17, 15) is 14.7 Å². The number of ketones is 1. The van der Waals surface area contributed by atoms with Crippen molar-refractivity contribution >= 4 is 17.4 Å². The summed E-state index contributed by atoms with van der Waals surface area (Å²) in [5.41, 5.74) is 1.40. The molecule has 2 saturated carbocycles. The number of hydrogen-bond donors (Lipinski definition) is 2. The summed E-state index contributed by atoms with van der Waals surface area (Å²) < 4.78 is 0. The van der Waals surface area contributed by atoms with Crippen LogP contribution in [0, 0.1) is 24.7 Å². The zero-order valence-electron chi connectivity index (χ0n) is 12.3. The van der Waals surface area contributed by atoms with Crippen LogP contribution in [-0.2, 0) is 9.59 Å². The minimum Gasteiger partial charge on any atom is -0.506 e. The fraction of sp³-hybridized carbons (Fsp3) is 0.529. The third-order valence-corrected chi connectivity index (χ3v) is 4.83. The molecule has 4 nitrogen and oxygen atoms in total. The molecule has 2 aliphatic rings. The normalized spacial score (nSPS) is 28.2. The SMILES string of the molecule is Cc1ccc(NC(=O)C2CC3CCCC(C2)C3=O)c(O)c1. The highest BCUT2D eigenvalue weighted by atomic mass is 16.3.